The predicted molar refractivity (Wildman–Crippen MR) is 53.3 cm³/mol. The number of fused-ring (bicyclic) bond motifs is 1. The number of ether oxygens (including phenoxy) is 2. The first-order valence-electron chi connectivity index (χ1n) is 4.74. The maximum Gasteiger partial charge on any atom is 0.342 e. The molecule has 0 saturated carbocycles. The highest BCUT2D eigenvalue weighted by atomic mass is 16.7. The summed E-state index contributed by atoms with van der Waals surface area (Å²) < 4.78 is 9.57. The summed E-state index contributed by atoms with van der Waals surface area (Å²) in [6, 6.07) is 3.89. The summed E-state index contributed by atoms with van der Waals surface area (Å²) in [5, 5.41) is 8.82. The minimum Gasteiger partial charge on any atom is -0.478 e. The van der Waals surface area contributed by atoms with Gasteiger partial charge in [0.1, 0.15) is 0 Å². The van der Waals surface area contributed by atoms with Gasteiger partial charge < -0.3 is 14.6 Å². The van der Waals surface area contributed by atoms with Crippen molar-refractivity contribution in [2.75, 3.05) is 0 Å². The molecule has 6 heteroatoms. The van der Waals surface area contributed by atoms with Crippen LogP contribution < -0.4 is 0 Å². The lowest BCUT2D eigenvalue weighted by Crippen LogP contribution is -2.08. The lowest BCUT2D eigenvalue weighted by atomic mass is 10.1. The lowest BCUT2D eigenvalue weighted by Gasteiger charge is -2.10. The molecule has 1 aliphatic rings. The van der Waals surface area contributed by atoms with Crippen LogP contribution >= 0.6 is 0 Å². The van der Waals surface area contributed by atoms with Crippen LogP contribution in [0, 0.1) is 0 Å². The number of hydrogen-bond acceptors (Lipinski definition) is 5. The van der Waals surface area contributed by atoms with Crippen LogP contribution in [-0.4, -0.2) is 23.0 Å². The molecule has 1 N–H and O–H groups in total. The minimum atomic E-state index is -1.16. The first kappa shape index (κ1) is 11.1. The zero-order valence-electron chi connectivity index (χ0n) is 8.80. The van der Waals surface area contributed by atoms with Crippen LogP contribution in [0.4, 0.5) is 0 Å². The molecule has 1 unspecified atom stereocenters. The number of carbonyl (C=O) groups excluding carboxylic acids is 2. The summed E-state index contributed by atoms with van der Waals surface area (Å²) in [7, 11) is 0. The first-order valence-corrected chi connectivity index (χ1v) is 4.74. The maximum atomic E-state index is 11.4. The SMILES string of the molecule is CC(=O)OC1OC(=O)c2ccc(C(=O)O)cc21. The number of carbonyl (C=O) groups is 3. The van der Waals surface area contributed by atoms with Crippen LogP contribution in [0.2, 0.25) is 0 Å². The standard InChI is InChI=1S/C11H8O6/c1-5(12)16-11-8-4-6(9(13)14)2-3-7(8)10(15)17-11/h2-4,11H,1H3,(H,13,14). The number of aromatic carboxylic acids is 1. The van der Waals surface area contributed by atoms with E-state index in [4.69, 9.17) is 14.6 Å². The fourth-order valence-electron chi connectivity index (χ4n) is 1.54. The molecular formula is C11H8O6. The predicted octanol–water partition coefficient (Wildman–Crippen LogP) is 1.12. The van der Waals surface area contributed by atoms with Gasteiger partial charge in [-0.2, -0.15) is 0 Å². The van der Waals surface area contributed by atoms with Gasteiger partial charge in [-0.05, 0) is 18.2 Å². The summed E-state index contributed by atoms with van der Waals surface area (Å²) in [5.41, 5.74) is 0.463. The van der Waals surface area contributed by atoms with Gasteiger partial charge in [0, 0.05) is 12.5 Å². The van der Waals surface area contributed by atoms with Gasteiger partial charge in [-0.3, -0.25) is 4.79 Å². The van der Waals surface area contributed by atoms with Crippen molar-refractivity contribution in [2.24, 2.45) is 0 Å². The average molecular weight is 236 g/mol. The monoisotopic (exact) mass is 236 g/mol. The second-order valence-corrected chi connectivity index (χ2v) is 3.45. The van der Waals surface area contributed by atoms with Crippen LogP contribution in [0.15, 0.2) is 18.2 Å². The summed E-state index contributed by atoms with van der Waals surface area (Å²) in [6.45, 7) is 1.17. The van der Waals surface area contributed by atoms with Crippen molar-refractivity contribution in [3.63, 3.8) is 0 Å². The molecule has 1 aromatic rings. The third-order valence-corrected chi connectivity index (χ3v) is 2.26. The van der Waals surface area contributed by atoms with Gasteiger partial charge in [0.15, 0.2) is 0 Å². The molecule has 0 radical (unpaired) electrons. The smallest absolute Gasteiger partial charge is 0.342 e. The Morgan fingerprint density at radius 1 is 1.41 bits per heavy atom. The van der Waals surface area contributed by atoms with Crippen molar-refractivity contribution in [1.29, 1.82) is 0 Å². The highest BCUT2D eigenvalue weighted by Gasteiger charge is 2.33. The van der Waals surface area contributed by atoms with Crippen LogP contribution in [0.3, 0.4) is 0 Å². The summed E-state index contributed by atoms with van der Waals surface area (Å²) in [4.78, 5) is 33.0. The second kappa shape index (κ2) is 3.89. The molecule has 1 heterocycles. The van der Waals surface area contributed by atoms with E-state index < -0.39 is 24.2 Å². The van der Waals surface area contributed by atoms with Gasteiger partial charge in [0.05, 0.1) is 11.1 Å². The van der Waals surface area contributed by atoms with Gasteiger partial charge in [0.25, 0.3) is 6.29 Å². The van der Waals surface area contributed by atoms with E-state index in [-0.39, 0.29) is 16.7 Å². The molecule has 0 bridgehead atoms. The molecule has 0 spiro atoms. The van der Waals surface area contributed by atoms with E-state index in [0.717, 1.165) is 0 Å². The fraction of sp³-hybridized carbons (Fsp3) is 0.182. The Balaban J connectivity index is 2.43. The van der Waals surface area contributed by atoms with Crippen molar-refractivity contribution in [3.05, 3.63) is 34.9 Å². The Morgan fingerprint density at radius 3 is 2.71 bits per heavy atom. The molecule has 0 saturated heterocycles. The topological polar surface area (TPSA) is 89.9 Å². The Kier molecular flexibility index (Phi) is 2.55. The number of hydrogen-bond donors (Lipinski definition) is 1. The second-order valence-electron chi connectivity index (χ2n) is 3.45. The zero-order chi connectivity index (χ0) is 12.6. The van der Waals surface area contributed by atoms with Gasteiger partial charge in [-0.25, -0.2) is 9.59 Å². The van der Waals surface area contributed by atoms with E-state index in [0.29, 0.717) is 0 Å². The van der Waals surface area contributed by atoms with Crippen molar-refractivity contribution in [2.45, 2.75) is 13.2 Å². The Bertz CT molecular complexity index is 517. The maximum absolute atomic E-state index is 11.4. The number of benzene rings is 1. The van der Waals surface area contributed by atoms with E-state index in [9.17, 15) is 14.4 Å². The quantitative estimate of drug-likeness (QED) is 0.774. The largest absolute Gasteiger partial charge is 0.478 e. The van der Waals surface area contributed by atoms with Gasteiger partial charge in [-0.15, -0.1) is 0 Å². The van der Waals surface area contributed by atoms with Gasteiger partial charge >= 0.3 is 17.9 Å². The molecule has 1 aromatic carbocycles. The molecule has 88 valence electrons. The Hall–Kier alpha value is -2.37. The van der Waals surface area contributed by atoms with E-state index in [2.05, 4.69) is 0 Å². The Labute approximate surface area is 95.8 Å². The summed E-state index contributed by atoms with van der Waals surface area (Å²) in [6.07, 6.45) is -1.16. The van der Waals surface area contributed by atoms with Crippen molar-refractivity contribution in [3.8, 4) is 0 Å². The number of rotatable bonds is 2. The van der Waals surface area contributed by atoms with Crippen LogP contribution in [0.1, 0.15) is 39.5 Å². The third-order valence-electron chi connectivity index (χ3n) is 2.26. The van der Waals surface area contributed by atoms with Gasteiger partial charge in [-0.1, -0.05) is 0 Å². The first-order chi connectivity index (χ1) is 7.99. The van der Waals surface area contributed by atoms with E-state index in [1.807, 2.05) is 0 Å². The molecule has 1 atom stereocenters. The average Bonchev–Trinajstić information content (AvgIpc) is 2.54. The summed E-state index contributed by atoms with van der Waals surface area (Å²) >= 11 is 0. The number of esters is 2. The highest BCUT2D eigenvalue weighted by molar-refractivity contribution is 5.96. The third kappa shape index (κ3) is 1.96. The molecule has 0 amide bonds. The highest BCUT2D eigenvalue weighted by Crippen LogP contribution is 2.32. The molecule has 17 heavy (non-hydrogen) atoms. The summed E-state index contributed by atoms with van der Waals surface area (Å²) in [5.74, 6) is -2.38. The van der Waals surface area contributed by atoms with Crippen molar-refractivity contribution >= 4 is 17.9 Å². The molecule has 1 aliphatic heterocycles. The molecular weight excluding hydrogens is 228 g/mol. The Morgan fingerprint density at radius 2 is 2.12 bits per heavy atom. The number of carboxylic acids is 1. The van der Waals surface area contributed by atoms with E-state index in [1.54, 1.807) is 0 Å². The molecule has 0 fully saturated rings. The van der Waals surface area contributed by atoms with Crippen LogP contribution in [-0.2, 0) is 14.3 Å². The lowest BCUT2D eigenvalue weighted by molar-refractivity contribution is -0.164. The molecule has 2 rings (SSSR count). The zero-order valence-corrected chi connectivity index (χ0v) is 8.80. The normalized spacial score (nSPS) is 17.2. The number of cyclic esters (lactones) is 1. The van der Waals surface area contributed by atoms with E-state index in [1.165, 1.54) is 25.1 Å². The van der Waals surface area contributed by atoms with Gasteiger partial charge in [0.2, 0.25) is 0 Å². The van der Waals surface area contributed by atoms with Crippen molar-refractivity contribution in [1.82, 2.24) is 0 Å². The van der Waals surface area contributed by atoms with E-state index >= 15 is 0 Å². The van der Waals surface area contributed by atoms with Crippen molar-refractivity contribution < 1.29 is 29.0 Å². The van der Waals surface area contributed by atoms with Crippen LogP contribution in [0.5, 0.6) is 0 Å². The minimum absolute atomic E-state index is 0.000739. The number of carboxylic acid groups (broad SMARTS) is 1. The fourth-order valence-corrected chi connectivity index (χ4v) is 1.54. The molecule has 0 aliphatic carbocycles. The molecule has 0 aromatic heterocycles. The van der Waals surface area contributed by atoms with Crippen LogP contribution in [0.25, 0.3) is 0 Å². The molecule has 6 nitrogen and oxygen atoms in total.